The van der Waals surface area contributed by atoms with E-state index in [0.29, 0.717) is 11.1 Å². The van der Waals surface area contributed by atoms with Crippen LogP contribution in [0.5, 0.6) is 0 Å². The van der Waals surface area contributed by atoms with E-state index in [1.54, 1.807) is 26.0 Å². The maximum atomic E-state index is 13.2. The smallest absolute Gasteiger partial charge is 0.241 e. The molecular formula is C21H22FNO5S2. The first-order valence-corrected chi connectivity index (χ1v) is 12.2. The number of hydrogen-bond donors (Lipinski definition) is 1. The lowest BCUT2D eigenvalue weighted by Crippen LogP contribution is -2.32. The topological polar surface area (TPSA) is 93.4 Å². The molecular weight excluding hydrogens is 429 g/mol. The maximum Gasteiger partial charge on any atom is 0.241 e. The number of aryl methyl sites for hydroxylation is 3. The highest BCUT2D eigenvalue weighted by Gasteiger charge is 2.33. The number of nitrogens with one attached hydrogen (secondary N) is 1. The normalized spacial score (nSPS) is 13.3. The lowest BCUT2D eigenvalue weighted by Gasteiger charge is -2.18. The molecule has 3 rings (SSSR count). The Labute approximate surface area is 175 Å². The van der Waals surface area contributed by atoms with Crippen molar-refractivity contribution in [1.29, 1.82) is 0 Å². The van der Waals surface area contributed by atoms with E-state index in [2.05, 4.69) is 4.72 Å². The van der Waals surface area contributed by atoms with E-state index < -0.39 is 37.5 Å². The molecule has 1 atom stereocenters. The van der Waals surface area contributed by atoms with Crippen LogP contribution in [0.2, 0.25) is 0 Å². The van der Waals surface area contributed by atoms with E-state index in [9.17, 15) is 21.2 Å². The van der Waals surface area contributed by atoms with E-state index in [-0.39, 0.29) is 15.6 Å². The molecule has 1 aromatic heterocycles. The summed E-state index contributed by atoms with van der Waals surface area (Å²) in [7, 11) is -8.05. The first-order valence-electron chi connectivity index (χ1n) is 9.13. The van der Waals surface area contributed by atoms with Gasteiger partial charge in [0.15, 0.2) is 9.84 Å². The number of sulfonamides is 1. The van der Waals surface area contributed by atoms with Crippen molar-refractivity contribution < 1.29 is 25.6 Å². The van der Waals surface area contributed by atoms with Gasteiger partial charge in [-0.05, 0) is 68.3 Å². The van der Waals surface area contributed by atoms with Crippen LogP contribution in [0, 0.1) is 26.6 Å². The second kappa shape index (κ2) is 8.33. The van der Waals surface area contributed by atoms with Gasteiger partial charge in [0.1, 0.15) is 16.8 Å². The zero-order valence-electron chi connectivity index (χ0n) is 16.7. The van der Waals surface area contributed by atoms with Crippen LogP contribution in [-0.4, -0.2) is 23.4 Å². The predicted molar refractivity (Wildman–Crippen MR) is 111 cm³/mol. The van der Waals surface area contributed by atoms with Crippen LogP contribution in [0.25, 0.3) is 0 Å². The molecule has 0 spiro atoms. The van der Waals surface area contributed by atoms with Crippen molar-refractivity contribution in [3.05, 3.63) is 83.1 Å². The molecule has 9 heteroatoms. The molecule has 160 valence electrons. The Morgan fingerprint density at radius 2 is 1.57 bits per heavy atom. The van der Waals surface area contributed by atoms with Gasteiger partial charge in [0, 0.05) is 6.54 Å². The predicted octanol–water partition coefficient (Wildman–Crippen LogP) is 3.84. The number of rotatable bonds is 7. The van der Waals surface area contributed by atoms with Gasteiger partial charge in [-0.3, -0.25) is 0 Å². The molecule has 6 nitrogen and oxygen atoms in total. The number of benzene rings is 2. The maximum absolute atomic E-state index is 13.2. The van der Waals surface area contributed by atoms with Crippen molar-refractivity contribution in [3.8, 4) is 0 Å². The van der Waals surface area contributed by atoms with Crippen LogP contribution >= 0.6 is 0 Å². The molecule has 0 fully saturated rings. The highest BCUT2D eigenvalue weighted by Crippen LogP contribution is 2.30. The summed E-state index contributed by atoms with van der Waals surface area (Å²) in [6.45, 7) is 4.80. The van der Waals surface area contributed by atoms with E-state index in [4.69, 9.17) is 4.42 Å². The largest absolute Gasteiger partial charge is 0.468 e. The van der Waals surface area contributed by atoms with Gasteiger partial charge in [-0.1, -0.05) is 17.7 Å². The Morgan fingerprint density at radius 1 is 0.967 bits per heavy atom. The molecule has 0 bridgehead atoms. The number of sulfone groups is 1. The summed E-state index contributed by atoms with van der Waals surface area (Å²) in [5.41, 5.74) is 2.06. The monoisotopic (exact) mass is 451 g/mol. The molecule has 0 aliphatic carbocycles. The van der Waals surface area contributed by atoms with Crippen molar-refractivity contribution in [2.75, 3.05) is 6.54 Å². The van der Waals surface area contributed by atoms with Crippen LogP contribution in [0.4, 0.5) is 4.39 Å². The van der Waals surface area contributed by atoms with Gasteiger partial charge in [-0.2, -0.15) is 0 Å². The van der Waals surface area contributed by atoms with Gasteiger partial charge in [0.05, 0.1) is 16.1 Å². The van der Waals surface area contributed by atoms with Crippen LogP contribution in [0.3, 0.4) is 0 Å². The SMILES string of the molecule is Cc1cc(C)c(S(=O)(=O)NC[C@@H](c2ccco2)S(=O)(=O)c2ccc(F)cc2)c(C)c1. The summed E-state index contributed by atoms with van der Waals surface area (Å²) in [4.78, 5) is -0.0160. The molecule has 2 aromatic carbocycles. The van der Waals surface area contributed by atoms with Crippen LogP contribution in [0.15, 0.2) is 69.0 Å². The van der Waals surface area contributed by atoms with E-state index >= 15 is 0 Å². The number of hydrogen-bond acceptors (Lipinski definition) is 5. The van der Waals surface area contributed by atoms with Crippen molar-refractivity contribution in [2.45, 2.75) is 35.8 Å². The quantitative estimate of drug-likeness (QED) is 0.551. The molecule has 0 aliphatic rings. The first kappa shape index (κ1) is 22.2. The van der Waals surface area contributed by atoms with E-state index in [1.165, 1.54) is 18.4 Å². The Kier molecular flexibility index (Phi) is 6.16. The molecule has 30 heavy (non-hydrogen) atoms. The second-order valence-corrected chi connectivity index (χ2v) is 10.9. The molecule has 1 heterocycles. The molecule has 0 saturated heterocycles. The third kappa shape index (κ3) is 4.48. The summed E-state index contributed by atoms with van der Waals surface area (Å²) in [6, 6.07) is 10.8. The van der Waals surface area contributed by atoms with Crippen molar-refractivity contribution >= 4 is 19.9 Å². The highest BCUT2D eigenvalue weighted by molar-refractivity contribution is 7.92. The van der Waals surface area contributed by atoms with Crippen LogP contribution in [-0.2, 0) is 19.9 Å². The van der Waals surface area contributed by atoms with Crippen LogP contribution < -0.4 is 4.72 Å². The summed E-state index contributed by atoms with van der Waals surface area (Å²) in [5.74, 6) is -0.492. The highest BCUT2D eigenvalue weighted by atomic mass is 32.2. The van der Waals surface area contributed by atoms with Crippen LogP contribution in [0.1, 0.15) is 27.7 Å². The van der Waals surface area contributed by atoms with Gasteiger partial charge in [-0.15, -0.1) is 0 Å². The average Bonchev–Trinajstić information content (AvgIpc) is 3.15. The third-order valence-electron chi connectivity index (χ3n) is 4.71. The zero-order chi connectivity index (χ0) is 22.1. The molecule has 0 radical (unpaired) electrons. The fraction of sp³-hybridized carbons (Fsp3) is 0.238. The summed E-state index contributed by atoms with van der Waals surface area (Å²) < 4.78 is 73.2. The zero-order valence-corrected chi connectivity index (χ0v) is 18.3. The molecule has 0 unspecified atom stereocenters. The van der Waals surface area contributed by atoms with Gasteiger partial charge in [0.2, 0.25) is 10.0 Å². The Morgan fingerprint density at radius 3 is 2.10 bits per heavy atom. The molecule has 0 aliphatic heterocycles. The lowest BCUT2D eigenvalue weighted by molar-refractivity contribution is 0.486. The summed E-state index contributed by atoms with van der Waals surface area (Å²) >= 11 is 0. The minimum Gasteiger partial charge on any atom is -0.468 e. The summed E-state index contributed by atoms with van der Waals surface area (Å²) in [6.07, 6.45) is 1.31. The average molecular weight is 452 g/mol. The lowest BCUT2D eigenvalue weighted by atomic mass is 10.1. The second-order valence-electron chi connectivity index (χ2n) is 7.08. The third-order valence-corrected chi connectivity index (χ3v) is 8.51. The van der Waals surface area contributed by atoms with Crippen molar-refractivity contribution in [1.82, 2.24) is 4.72 Å². The minimum atomic E-state index is -4.06. The van der Waals surface area contributed by atoms with Gasteiger partial charge in [0.25, 0.3) is 0 Å². The first-order chi connectivity index (χ1) is 14.0. The van der Waals surface area contributed by atoms with Crippen molar-refractivity contribution in [2.24, 2.45) is 0 Å². The molecule has 0 amide bonds. The van der Waals surface area contributed by atoms with Crippen molar-refractivity contribution in [3.63, 3.8) is 0 Å². The van der Waals surface area contributed by atoms with Gasteiger partial charge < -0.3 is 4.42 Å². The molecule has 3 aromatic rings. The van der Waals surface area contributed by atoms with Gasteiger partial charge in [-0.25, -0.2) is 25.9 Å². The van der Waals surface area contributed by atoms with Gasteiger partial charge >= 0.3 is 0 Å². The Bertz CT molecular complexity index is 1230. The number of furan rings is 1. The van der Waals surface area contributed by atoms with E-state index in [0.717, 1.165) is 29.8 Å². The Balaban J connectivity index is 1.97. The minimum absolute atomic E-state index is 0.0828. The Hall–Kier alpha value is -2.49. The molecule has 1 N–H and O–H groups in total. The molecule has 0 saturated carbocycles. The standard InChI is InChI=1S/C21H22FNO5S2/c1-14-11-15(2)21(16(3)12-14)30(26,27)23-13-20(19-5-4-10-28-19)29(24,25)18-8-6-17(22)7-9-18/h4-12,20,23H,13H2,1-3H3/t20-/m0/s1. The fourth-order valence-corrected chi connectivity index (χ4v) is 6.66. The van der Waals surface area contributed by atoms with E-state index in [1.807, 2.05) is 6.92 Å². The fourth-order valence-electron chi connectivity index (χ4n) is 3.47. The number of halogens is 1. The summed E-state index contributed by atoms with van der Waals surface area (Å²) in [5, 5.41) is -1.32.